The van der Waals surface area contributed by atoms with Crippen LogP contribution in [0.25, 0.3) is 5.69 Å². The second-order valence-corrected chi connectivity index (χ2v) is 6.58. The van der Waals surface area contributed by atoms with E-state index in [1.807, 2.05) is 12.1 Å². The highest BCUT2D eigenvalue weighted by Gasteiger charge is 2.18. The smallest absolute Gasteiger partial charge is 0.214 e. The first kappa shape index (κ1) is 15.5. The minimum Gasteiger partial charge on any atom is -0.379 e. The second kappa shape index (κ2) is 7.21. The van der Waals surface area contributed by atoms with Crippen LogP contribution in [0.3, 0.4) is 0 Å². The van der Waals surface area contributed by atoms with E-state index in [2.05, 4.69) is 46.4 Å². The maximum absolute atomic E-state index is 5.47. The van der Waals surface area contributed by atoms with Crippen LogP contribution in [0, 0.1) is 6.92 Å². The van der Waals surface area contributed by atoms with E-state index in [4.69, 9.17) is 4.74 Å². The van der Waals surface area contributed by atoms with E-state index in [0.29, 0.717) is 6.04 Å². The summed E-state index contributed by atoms with van der Waals surface area (Å²) < 4.78 is 7.27. The number of rotatable bonds is 5. The molecule has 1 fully saturated rings. The zero-order valence-electron chi connectivity index (χ0n) is 13.0. The quantitative estimate of drug-likeness (QED) is 0.783. The maximum atomic E-state index is 5.47. The minimum atomic E-state index is 0.488. The van der Waals surface area contributed by atoms with E-state index < -0.39 is 0 Å². The van der Waals surface area contributed by atoms with Gasteiger partial charge in [0.1, 0.15) is 0 Å². The Balaban J connectivity index is 1.61. The Morgan fingerprint density at radius 1 is 1.41 bits per heavy atom. The Morgan fingerprint density at radius 3 is 3.14 bits per heavy atom. The van der Waals surface area contributed by atoms with E-state index >= 15 is 0 Å². The highest BCUT2D eigenvalue weighted by Crippen LogP contribution is 2.19. The first-order valence-corrected chi connectivity index (χ1v) is 8.52. The molecule has 2 heterocycles. The standard InChI is InChI=1S/C15H21N5OS/c1-12-4-3-5-14(10-12)20-15(16-17-18-20)22-9-7-19-6-8-21-11-13(19)2/h3-5,10,13H,6-9,11H2,1-2H3/t13-/m1/s1. The van der Waals surface area contributed by atoms with Gasteiger partial charge in [-0.05, 0) is 42.0 Å². The molecule has 2 aromatic rings. The molecule has 1 atom stereocenters. The summed E-state index contributed by atoms with van der Waals surface area (Å²) in [6, 6.07) is 8.70. The number of aromatic nitrogens is 4. The Kier molecular flexibility index (Phi) is 5.07. The summed E-state index contributed by atoms with van der Waals surface area (Å²) in [5.74, 6) is 0.969. The van der Waals surface area contributed by atoms with E-state index in [0.717, 1.165) is 42.9 Å². The van der Waals surface area contributed by atoms with Crippen molar-refractivity contribution in [2.45, 2.75) is 25.0 Å². The lowest BCUT2D eigenvalue weighted by Crippen LogP contribution is -2.44. The highest BCUT2D eigenvalue weighted by molar-refractivity contribution is 7.99. The van der Waals surface area contributed by atoms with Crippen LogP contribution < -0.4 is 0 Å². The molecule has 0 unspecified atom stereocenters. The first-order valence-electron chi connectivity index (χ1n) is 7.54. The van der Waals surface area contributed by atoms with Gasteiger partial charge in [0, 0.05) is 24.9 Å². The van der Waals surface area contributed by atoms with Crippen LogP contribution in [0.1, 0.15) is 12.5 Å². The van der Waals surface area contributed by atoms with Crippen LogP contribution in [-0.4, -0.2) is 63.2 Å². The van der Waals surface area contributed by atoms with Crippen LogP contribution in [-0.2, 0) is 4.74 Å². The lowest BCUT2D eigenvalue weighted by Gasteiger charge is -2.32. The molecule has 0 radical (unpaired) electrons. The van der Waals surface area contributed by atoms with E-state index in [-0.39, 0.29) is 0 Å². The van der Waals surface area contributed by atoms with Gasteiger partial charge < -0.3 is 4.74 Å². The van der Waals surface area contributed by atoms with Gasteiger partial charge >= 0.3 is 0 Å². The van der Waals surface area contributed by atoms with Crippen LogP contribution in [0.2, 0.25) is 0 Å². The fourth-order valence-electron chi connectivity index (χ4n) is 2.54. The molecule has 0 aliphatic carbocycles. The predicted molar refractivity (Wildman–Crippen MR) is 86.5 cm³/mol. The van der Waals surface area contributed by atoms with Crippen molar-refractivity contribution in [2.24, 2.45) is 0 Å². The van der Waals surface area contributed by atoms with Crippen molar-refractivity contribution in [3.63, 3.8) is 0 Å². The maximum Gasteiger partial charge on any atom is 0.214 e. The van der Waals surface area contributed by atoms with Gasteiger partial charge in [-0.1, -0.05) is 23.9 Å². The van der Waals surface area contributed by atoms with Crippen molar-refractivity contribution in [3.8, 4) is 5.69 Å². The van der Waals surface area contributed by atoms with Crippen molar-refractivity contribution < 1.29 is 4.74 Å². The molecule has 6 nitrogen and oxygen atoms in total. The lowest BCUT2D eigenvalue weighted by atomic mass is 10.2. The number of morpholine rings is 1. The number of tetrazole rings is 1. The number of benzene rings is 1. The van der Waals surface area contributed by atoms with Crippen LogP contribution in [0.15, 0.2) is 29.4 Å². The molecular formula is C15H21N5OS. The predicted octanol–water partition coefficient (Wildman–Crippen LogP) is 1.78. The SMILES string of the molecule is Cc1cccc(-n2nnnc2SCCN2CCOC[C@H]2C)c1. The molecular weight excluding hydrogens is 298 g/mol. The van der Waals surface area contributed by atoms with E-state index in [1.165, 1.54) is 5.56 Å². The topological polar surface area (TPSA) is 56.1 Å². The van der Waals surface area contributed by atoms with Crippen molar-refractivity contribution in [1.29, 1.82) is 0 Å². The van der Waals surface area contributed by atoms with Gasteiger partial charge in [0.15, 0.2) is 0 Å². The summed E-state index contributed by atoms with van der Waals surface area (Å²) in [6.07, 6.45) is 0. The minimum absolute atomic E-state index is 0.488. The summed E-state index contributed by atoms with van der Waals surface area (Å²) in [7, 11) is 0. The van der Waals surface area contributed by atoms with Crippen LogP contribution >= 0.6 is 11.8 Å². The summed E-state index contributed by atoms with van der Waals surface area (Å²) in [6.45, 7) is 7.96. The van der Waals surface area contributed by atoms with Crippen molar-refractivity contribution in [1.82, 2.24) is 25.1 Å². The molecule has 1 aliphatic heterocycles. The number of hydrogen-bond acceptors (Lipinski definition) is 6. The molecule has 1 saturated heterocycles. The van der Waals surface area contributed by atoms with E-state index in [9.17, 15) is 0 Å². The van der Waals surface area contributed by atoms with Gasteiger partial charge in [-0.2, -0.15) is 4.68 Å². The summed E-state index contributed by atoms with van der Waals surface area (Å²) in [5.41, 5.74) is 2.21. The molecule has 0 spiro atoms. The molecule has 0 N–H and O–H groups in total. The van der Waals surface area contributed by atoms with Gasteiger partial charge in [0.05, 0.1) is 18.9 Å². The Bertz CT molecular complexity index is 617. The average molecular weight is 319 g/mol. The fraction of sp³-hybridized carbons (Fsp3) is 0.533. The summed E-state index contributed by atoms with van der Waals surface area (Å²) in [5, 5.41) is 12.9. The third-order valence-corrected chi connectivity index (χ3v) is 4.70. The second-order valence-electron chi connectivity index (χ2n) is 5.52. The van der Waals surface area contributed by atoms with Gasteiger partial charge in [-0.3, -0.25) is 4.90 Å². The molecule has 1 aliphatic rings. The Morgan fingerprint density at radius 2 is 2.32 bits per heavy atom. The van der Waals surface area contributed by atoms with E-state index in [1.54, 1.807) is 16.4 Å². The van der Waals surface area contributed by atoms with Crippen LogP contribution in [0.4, 0.5) is 0 Å². The first-order chi connectivity index (χ1) is 10.7. The zero-order chi connectivity index (χ0) is 15.4. The summed E-state index contributed by atoms with van der Waals surface area (Å²) in [4.78, 5) is 2.46. The molecule has 22 heavy (non-hydrogen) atoms. The third kappa shape index (κ3) is 3.66. The number of hydrogen-bond donors (Lipinski definition) is 0. The molecule has 1 aromatic heterocycles. The molecule has 0 amide bonds. The van der Waals surface area contributed by atoms with Gasteiger partial charge in [-0.25, -0.2) is 0 Å². The molecule has 0 bridgehead atoms. The molecule has 7 heteroatoms. The zero-order valence-corrected chi connectivity index (χ0v) is 13.8. The average Bonchev–Trinajstić information content (AvgIpc) is 2.98. The van der Waals surface area contributed by atoms with Crippen LogP contribution in [0.5, 0.6) is 0 Å². The number of ether oxygens (including phenoxy) is 1. The molecule has 118 valence electrons. The monoisotopic (exact) mass is 319 g/mol. The van der Waals surface area contributed by atoms with Crippen molar-refractivity contribution in [2.75, 3.05) is 32.1 Å². The third-order valence-electron chi connectivity index (χ3n) is 3.80. The number of thioether (sulfide) groups is 1. The normalized spacial score (nSPS) is 19.5. The molecule has 1 aromatic carbocycles. The Labute approximate surface area is 134 Å². The van der Waals surface area contributed by atoms with Gasteiger partial charge in [0.25, 0.3) is 0 Å². The summed E-state index contributed by atoms with van der Waals surface area (Å²) >= 11 is 1.69. The Hall–Kier alpha value is -1.44. The van der Waals surface area contributed by atoms with Crippen molar-refractivity contribution in [3.05, 3.63) is 29.8 Å². The molecule has 3 rings (SSSR count). The number of aryl methyl sites for hydroxylation is 1. The highest BCUT2D eigenvalue weighted by atomic mass is 32.2. The lowest BCUT2D eigenvalue weighted by molar-refractivity contribution is 0.00298. The number of nitrogens with zero attached hydrogens (tertiary/aromatic N) is 5. The largest absolute Gasteiger partial charge is 0.379 e. The fourth-order valence-corrected chi connectivity index (χ4v) is 3.41. The van der Waals surface area contributed by atoms with Gasteiger partial charge in [0.2, 0.25) is 5.16 Å². The molecule has 0 saturated carbocycles. The van der Waals surface area contributed by atoms with Gasteiger partial charge in [-0.15, -0.1) is 5.10 Å². The van der Waals surface area contributed by atoms with Crippen molar-refractivity contribution >= 4 is 11.8 Å².